The van der Waals surface area contributed by atoms with Gasteiger partial charge in [0.2, 0.25) is 0 Å². The Hall–Kier alpha value is -1.98. The van der Waals surface area contributed by atoms with Gasteiger partial charge >= 0.3 is 0 Å². The van der Waals surface area contributed by atoms with Crippen LogP contribution < -0.4 is 10.6 Å². The van der Waals surface area contributed by atoms with E-state index in [9.17, 15) is 4.79 Å². The monoisotopic (exact) mass is 346 g/mol. The Labute approximate surface area is 151 Å². The van der Waals surface area contributed by atoms with Crippen molar-refractivity contribution in [2.75, 3.05) is 0 Å². The average Bonchev–Trinajstić information content (AvgIpc) is 3.36. The standard InChI is InChI=1S/C23H23OP/c24-23(18-10-7-8-11-18)21-16-9-17-22(21)25(19-12-3-1-4-13-19)20-14-5-2-6-15-20/h1-7,9-10,12-16,18,21-22H,8,11,17H2/t18-,21+,22?/m1/s1. The minimum absolute atomic E-state index is 0.0549. The summed E-state index contributed by atoms with van der Waals surface area (Å²) in [5.41, 5.74) is 0.376. The molecule has 0 fully saturated rings. The number of hydrogen-bond acceptors (Lipinski definition) is 1. The highest BCUT2D eigenvalue weighted by molar-refractivity contribution is 7.73. The maximum Gasteiger partial charge on any atom is 0.147 e. The third kappa shape index (κ3) is 3.39. The van der Waals surface area contributed by atoms with Gasteiger partial charge in [-0.15, -0.1) is 0 Å². The molecule has 2 heteroatoms. The molecule has 0 N–H and O–H groups in total. The van der Waals surface area contributed by atoms with E-state index in [1.54, 1.807) is 0 Å². The lowest BCUT2D eigenvalue weighted by Crippen LogP contribution is -2.31. The predicted octanol–water partition coefficient (Wildman–Crippen LogP) is 4.60. The van der Waals surface area contributed by atoms with Gasteiger partial charge in [0.1, 0.15) is 5.78 Å². The first kappa shape index (κ1) is 16.5. The maximum atomic E-state index is 13.1. The van der Waals surface area contributed by atoms with E-state index < -0.39 is 7.92 Å². The molecule has 0 aromatic heterocycles. The van der Waals surface area contributed by atoms with Gasteiger partial charge in [-0.3, -0.25) is 4.79 Å². The van der Waals surface area contributed by atoms with E-state index >= 15 is 0 Å². The molecule has 0 saturated carbocycles. The van der Waals surface area contributed by atoms with Crippen LogP contribution in [0, 0.1) is 11.8 Å². The highest BCUT2D eigenvalue weighted by Gasteiger charge is 2.38. The molecule has 0 heterocycles. The number of carbonyl (C=O) groups is 1. The van der Waals surface area contributed by atoms with E-state index in [0.29, 0.717) is 11.4 Å². The predicted molar refractivity (Wildman–Crippen MR) is 107 cm³/mol. The van der Waals surface area contributed by atoms with Gasteiger partial charge in [-0.2, -0.15) is 0 Å². The molecule has 0 aliphatic heterocycles. The Bertz CT molecular complexity index is 739. The summed E-state index contributed by atoms with van der Waals surface area (Å²) >= 11 is 0. The van der Waals surface area contributed by atoms with Crippen LogP contribution in [0.5, 0.6) is 0 Å². The zero-order chi connectivity index (χ0) is 17.1. The summed E-state index contributed by atoms with van der Waals surface area (Å²) < 4.78 is 0. The van der Waals surface area contributed by atoms with Crippen molar-refractivity contribution in [3.8, 4) is 0 Å². The summed E-state index contributed by atoms with van der Waals surface area (Å²) in [5, 5.41) is 2.74. The third-order valence-corrected chi connectivity index (χ3v) is 8.15. The fourth-order valence-corrected chi connectivity index (χ4v) is 6.97. The van der Waals surface area contributed by atoms with E-state index in [4.69, 9.17) is 0 Å². The van der Waals surface area contributed by atoms with Crippen molar-refractivity contribution in [1.82, 2.24) is 0 Å². The average molecular weight is 346 g/mol. The van der Waals surface area contributed by atoms with Crippen LogP contribution in [0.3, 0.4) is 0 Å². The minimum Gasteiger partial charge on any atom is -0.298 e. The molecular formula is C23H23OP. The minimum atomic E-state index is -0.546. The van der Waals surface area contributed by atoms with Gasteiger partial charge in [-0.25, -0.2) is 0 Å². The fraction of sp³-hybridized carbons (Fsp3) is 0.261. The summed E-state index contributed by atoms with van der Waals surface area (Å²) in [5.74, 6) is 0.602. The van der Waals surface area contributed by atoms with Crippen molar-refractivity contribution in [2.45, 2.75) is 24.9 Å². The summed E-state index contributed by atoms with van der Waals surface area (Å²) in [4.78, 5) is 13.1. The van der Waals surface area contributed by atoms with E-state index in [-0.39, 0.29) is 11.8 Å². The van der Waals surface area contributed by atoms with Gasteiger partial charge in [0.25, 0.3) is 0 Å². The van der Waals surface area contributed by atoms with Gasteiger partial charge < -0.3 is 0 Å². The van der Waals surface area contributed by atoms with E-state index in [1.807, 2.05) is 0 Å². The summed E-state index contributed by atoms with van der Waals surface area (Å²) in [6.45, 7) is 0. The van der Waals surface area contributed by atoms with Crippen molar-refractivity contribution in [3.63, 3.8) is 0 Å². The topological polar surface area (TPSA) is 17.1 Å². The number of carbonyl (C=O) groups excluding carboxylic acids is 1. The van der Waals surface area contributed by atoms with Gasteiger partial charge in [0.05, 0.1) is 0 Å². The highest BCUT2D eigenvalue weighted by Crippen LogP contribution is 2.48. The second-order valence-corrected chi connectivity index (χ2v) is 9.25. The van der Waals surface area contributed by atoms with E-state index in [0.717, 1.165) is 19.3 Å². The molecule has 2 aliphatic carbocycles. The molecule has 0 saturated heterocycles. The van der Waals surface area contributed by atoms with E-state index in [2.05, 4.69) is 85.0 Å². The summed E-state index contributed by atoms with van der Waals surface area (Å²) in [6, 6.07) is 21.5. The van der Waals surface area contributed by atoms with Crippen molar-refractivity contribution in [3.05, 3.63) is 85.0 Å². The van der Waals surface area contributed by atoms with E-state index in [1.165, 1.54) is 10.6 Å². The quantitative estimate of drug-likeness (QED) is 0.571. The Morgan fingerprint density at radius 2 is 1.48 bits per heavy atom. The summed E-state index contributed by atoms with van der Waals surface area (Å²) in [6.07, 6.45) is 11.7. The van der Waals surface area contributed by atoms with Crippen molar-refractivity contribution in [2.24, 2.45) is 11.8 Å². The number of hydrogen-bond donors (Lipinski definition) is 0. The molecule has 0 radical (unpaired) electrons. The number of Topliss-reactive ketones (excluding diaryl/α,β-unsaturated/α-hetero) is 1. The maximum absolute atomic E-state index is 13.1. The van der Waals surface area contributed by atoms with Gasteiger partial charge in [-0.05, 0) is 37.8 Å². The Kier molecular flexibility index (Phi) is 4.95. The molecule has 2 aromatic carbocycles. The van der Waals surface area contributed by atoms with Gasteiger partial charge in [-0.1, -0.05) is 85.0 Å². The molecule has 2 aliphatic rings. The van der Waals surface area contributed by atoms with Gasteiger partial charge in [0, 0.05) is 17.5 Å². The molecule has 126 valence electrons. The number of benzene rings is 2. The molecule has 4 rings (SSSR count). The zero-order valence-electron chi connectivity index (χ0n) is 14.3. The van der Waals surface area contributed by atoms with Crippen molar-refractivity contribution in [1.29, 1.82) is 0 Å². The first-order valence-electron chi connectivity index (χ1n) is 9.11. The number of rotatable bonds is 5. The molecule has 0 spiro atoms. The molecule has 2 aromatic rings. The Balaban J connectivity index is 1.69. The highest BCUT2D eigenvalue weighted by atomic mass is 31.1. The van der Waals surface area contributed by atoms with Crippen LogP contribution in [0.2, 0.25) is 0 Å². The van der Waals surface area contributed by atoms with Crippen LogP contribution in [0.1, 0.15) is 19.3 Å². The third-order valence-electron chi connectivity index (χ3n) is 5.24. The molecule has 1 nitrogen and oxygen atoms in total. The molecule has 25 heavy (non-hydrogen) atoms. The van der Waals surface area contributed by atoms with Crippen molar-refractivity contribution < 1.29 is 4.79 Å². The van der Waals surface area contributed by atoms with Crippen LogP contribution >= 0.6 is 7.92 Å². The largest absolute Gasteiger partial charge is 0.298 e. The van der Waals surface area contributed by atoms with Crippen LogP contribution in [0.25, 0.3) is 0 Å². The van der Waals surface area contributed by atoms with Crippen molar-refractivity contribution >= 4 is 24.3 Å². The molecule has 0 bridgehead atoms. The second-order valence-electron chi connectivity index (χ2n) is 6.81. The molecule has 3 atom stereocenters. The lowest BCUT2D eigenvalue weighted by Gasteiger charge is -2.30. The second kappa shape index (κ2) is 7.50. The van der Waals surface area contributed by atoms with Crippen LogP contribution in [0.4, 0.5) is 0 Å². The normalized spacial score (nSPS) is 24.9. The Morgan fingerprint density at radius 3 is 2.04 bits per heavy atom. The lowest BCUT2D eigenvalue weighted by molar-refractivity contribution is -0.123. The smallest absolute Gasteiger partial charge is 0.147 e. The molecule has 1 unspecified atom stereocenters. The first-order chi connectivity index (χ1) is 12.3. The lowest BCUT2D eigenvalue weighted by atomic mass is 9.91. The van der Waals surface area contributed by atoms with Crippen LogP contribution in [0.15, 0.2) is 85.0 Å². The number of ketones is 1. The molecular weight excluding hydrogens is 323 g/mol. The zero-order valence-corrected chi connectivity index (χ0v) is 15.2. The first-order valence-corrected chi connectivity index (χ1v) is 10.5. The SMILES string of the molecule is O=C([C@@H]1C=CCC1)[C@H]1C=CCC1P(c1ccccc1)c1ccccc1. The Morgan fingerprint density at radius 1 is 0.840 bits per heavy atom. The molecule has 0 amide bonds. The van der Waals surface area contributed by atoms with Crippen LogP contribution in [-0.4, -0.2) is 11.4 Å². The van der Waals surface area contributed by atoms with Crippen LogP contribution in [-0.2, 0) is 4.79 Å². The summed E-state index contributed by atoms with van der Waals surface area (Å²) in [7, 11) is -0.546. The number of allylic oxidation sites excluding steroid dienone is 4. The fourth-order valence-electron chi connectivity index (χ4n) is 4.02. The van der Waals surface area contributed by atoms with Gasteiger partial charge in [0.15, 0.2) is 0 Å².